The molecule has 3 heteroatoms. The van der Waals surface area contributed by atoms with Crippen LogP contribution < -0.4 is 10.1 Å². The number of ether oxygens (including phenoxy) is 2. The molecule has 1 aromatic rings. The van der Waals surface area contributed by atoms with Crippen LogP contribution in [0, 0.1) is 5.41 Å². The Bertz CT molecular complexity index is 458. The number of methoxy groups -OCH3 is 1. The Balaban J connectivity index is 1.72. The van der Waals surface area contributed by atoms with E-state index in [0.717, 1.165) is 25.2 Å². The number of fused-ring (bicyclic) bond motifs is 1. The van der Waals surface area contributed by atoms with Gasteiger partial charge in [0.15, 0.2) is 0 Å². The van der Waals surface area contributed by atoms with Crippen LogP contribution in [0.25, 0.3) is 0 Å². The minimum absolute atomic E-state index is 0.210. The molecule has 3 unspecified atom stereocenters. The maximum atomic E-state index is 5.72. The normalized spacial score (nSPS) is 32.1. The Kier molecular flexibility index (Phi) is 3.27. The van der Waals surface area contributed by atoms with Crippen LogP contribution in [0.15, 0.2) is 24.3 Å². The Morgan fingerprint density at radius 3 is 2.84 bits per heavy atom. The van der Waals surface area contributed by atoms with Crippen molar-refractivity contribution >= 4 is 0 Å². The number of rotatable bonds is 3. The summed E-state index contributed by atoms with van der Waals surface area (Å²) in [6, 6.07) is 9.29. The van der Waals surface area contributed by atoms with Gasteiger partial charge >= 0.3 is 0 Å². The van der Waals surface area contributed by atoms with Crippen LogP contribution in [0.2, 0.25) is 0 Å². The fourth-order valence-electron chi connectivity index (χ4n) is 3.33. The fourth-order valence-corrected chi connectivity index (χ4v) is 3.33. The molecule has 0 radical (unpaired) electrons. The molecule has 3 atom stereocenters. The zero-order valence-electron chi connectivity index (χ0n) is 12.0. The molecule has 0 aromatic heterocycles. The number of para-hydroxylation sites is 1. The van der Waals surface area contributed by atoms with E-state index in [9.17, 15) is 0 Å². The van der Waals surface area contributed by atoms with Gasteiger partial charge in [0.2, 0.25) is 0 Å². The van der Waals surface area contributed by atoms with Gasteiger partial charge in [-0.15, -0.1) is 0 Å². The molecular formula is C16H23NO2. The van der Waals surface area contributed by atoms with Gasteiger partial charge < -0.3 is 14.8 Å². The van der Waals surface area contributed by atoms with Crippen LogP contribution >= 0.6 is 0 Å². The highest BCUT2D eigenvalue weighted by molar-refractivity contribution is 5.37. The molecule has 19 heavy (non-hydrogen) atoms. The molecule has 1 fully saturated rings. The highest BCUT2D eigenvalue weighted by Crippen LogP contribution is 2.44. The van der Waals surface area contributed by atoms with Crippen molar-refractivity contribution in [2.45, 2.75) is 44.9 Å². The van der Waals surface area contributed by atoms with Crippen LogP contribution in [0.3, 0.4) is 0 Å². The highest BCUT2D eigenvalue weighted by atomic mass is 16.5. The zero-order chi connectivity index (χ0) is 13.5. The molecule has 0 spiro atoms. The van der Waals surface area contributed by atoms with E-state index >= 15 is 0 Å². The molecule has 104 valence electrons. The minimum atomic E-state index is 0.210. The molecule has 1 aliphatic heterocycles. The highest BCUT2D eigenvalue weighted by Gasteiger charge is 2.49. The van der Waals surface area contributed by atoms with E-state index < -0.39 is 0 Å². The van der Waals surface area contributed by atoms with Crippen molar-refractivity contribution < 1.29 is 9.47 Å². The van der Waals surface area contributed by atoms with Crippen LogP contribution in [0.5, 0.6) is 5.75 Å². The first-order valence-corrected chi connectivity index (χ1v) is 7.13. The molecule has 2 aliphatic rings. The van der Waals surface area contributed by atoms with E-state index in [1.165, 1.54) is 5.56 Å². The van der Waals surface area contributed by atoms with E-state index in [2.05, 4.69) is 37.4 Å². The van der Waals surface area contributed by atoms with Crippen molar-refractivity contribution in [1.82, 2.24) is 5.32 Å². The molecule has 0 amide bonds. The van der Waals surface area contributed by atoms with E-state index in [1.807, 2.05) is 13.2 Å². The first kappa shape index (κ1) is 12.9. The second-order valence-corrected chi connectivity index (χ2v) is 6.23. The van der Waals surface area contributed by atoms with Gasteiger partial charge in [0.05, 0.1) is 12.7 Å². The lowest BCUT2D eigenvalue weighted by molar-refractivity contribution is -0.101. The van der Waals surface area contributed by atoms with E-state index in [4.69, 9.17) is 9.47 Å². The third-order valence-corrected chi connectivity index (χ3v) is 4.82. The molecule has 1 saturated carbocycles. The van der Waals surface area contributed by atoms with Gasteiger partial charge in [-0.1, -0.05) is 32.0 Å². The molecule has 3 rings (SSSR count). The summed E-state index contributed by atoms with van der Waals surface area (Å²) >= 11 is 0. The van der Waals surface area contributed by atoms with Crippen molar-refractivity contribution in [3.63, 3.8) is 0 Å². The fraction of sp³-hybridized carbons (Fsp3) is 0.625. The van der Waals surface area contributed by atoms with Crippen LogP contribution in [-0.4, -0.2) is 25.9 Å². The molecule has 1 N–H and O–H groups in total. The van der Waals surface area contributed by atoms with E-state index in [-0.39, 0.29) is 5.41 Å². The van der Waals surface area contributed by atoms with E-state index in [0.29, 0.717) is 18.2 Å². The second-order valence-electron chi connectivity index (χ2n) is 6.23. The molecule has 3 nitrogen and oxygen atoms in total. The van der Waals surface area contributed by atoms with Gasteiger partial charge in [-0.25, -0.2) is 0 Å². The van der Waals surface area contributed by atoms with Gasteiger partial charge in [0.1, 0.15) is 5.75 Å². The lowest BCUT2D eigenvalue weighted by Gasteiger charge is -2.52. The van der Waals surface area contributed by atoms with Crippen molar-refractivity contribution in [3.05, 3.63) is 29.8 Å². The summed E-state index contributed by atoms with van der Waals surface area (Å²) < 4.78 is 11.2. The SMILES string of the molecule is COC1CC(NC2CCOc3ccccc32)C1(C)C. The van der Waals surface area contributed by atoms with Crippen molar-refractivity contribution in [1.29, 1.82) is 0 Å². The second kappa shape index (κ2) is 4.80. The minimum Gasteiger partial charge on any atom is -0.493 e. The summed E-state index contributed by atoms with van der Waals surface area (Å²) in [6.07, 6.45) is 2.52. The van der Waals surface area contributed by atoms with Crippen LogP contribution in [0.1, 0.15) is 38.3 Å². The average Bonchev–Trinajstić information content (AvgIpc) is 2.43. The lowest BCUT2D eigenvalue weighted by Crippen LogP contribution is -2.61. The third-order valence-electron chi connectivity index (χ3n) is 4.82. The molecular weight excluding hydrogens is 238 g/mol. The summed E-state index contributed by atoms with van der Waals surface area (Å²) in [5, 5.41) is 3.81. The monoisotopic (exact) mass is 261 g/mol. The number of benzene rings is 1. The summed E-state index contributed by atoms with van der Waals surface area (Å²) in [5.74, 6) is 1.03. The molecule has 1 aromatic carbocycles. The van der Waals surface area contributed by atoms with Gasteiger partial charge in [0.25, 0.3) is 0 Å². The predicted molar refractivity (Wildman–Crippen MR) is 75.4 cm³/mol. The summed E-state index contributed by atoms with van der Waals surface area (Å²) in [5.41, 5.74) is 1.51. The summed E-state index contributed by atoms with van der Waals surface area (Å²) in [7, 11) is 1.81. The Hall–Kier alpha value is -1.06. The number of hydrogen-bond donors (Lipinski definition) is 1. The van der Waals surface area contributed by atoms with Crippen molar-refractivity contribution in [2.24, 2.45) is 5.41 Å². The molecule has 0 bridgehead atoms. The largest absolute Gasteiger partial charge is 0.493 e. The van der Waals surface area contributed by atoms with Crippen molar-refractivity contribution in [2.75, 3.05) is 13.7 Å². The number of hydrogen-bond acceptors (Lipinski definition) is 3. The van der Waals surface area contributed by atoms with Gasteiger partial charge in [0, 0.05) is 36.6 Å². The van der Waals surface area contributed by atoms with Gasteiger partial charge in [-0.3, -0.25) is 0 Å². The predicted octanol–water partition coefficient (Wildman–Crippen LogP) is 2.91. The molecule has 1 aliphatic carbocycles. The summed E-state index contributed by atoms with van der Waals surface area (Å²) in [4.78, 5) is 0. The quantitative estimate of drug-likeness (QED) is 0.907. The smallest absolute Gasteiger partial charge is 0.124 e. The van der Waals surface area contributed by atoms with Crippen LogP contribution in [-0.2, 0) is 4.74 Å². The topological polar surface area (TPSA) is 30.5 Å². The maximum absolute atomic E-state index is 5.72. The van der Waals surface area contributed by atoms with Gasteiger partial charge in [-0.2, -0.15) is 0 Å². The van der Waals surface area contributed by atoms with Crippen LogP contribution in [0.4, 0.5) is 0 Å². The first-order chi connectivity index (χ1) is 9.13. The first-order valence-electron chi connectivity index (χ1n) is 7.13. The average molecular weight is 261 g/mol. The number of nitrogens with one attached hydrogen (secondary N) is 1. The van der Waals surface area contributed by atoms with E-state index in [1.54, 1.807) is 0 Å². The Morgan fingerprint density at radius 2 is 2.11 bits per heavy atom. The standard InChI is InChI=1S/C16H23NO2/c1-16(2)14(10-15(16)18-3)17-12-8-9-19-13-7-5-4-6-11(12)13/h4-7,12,14-15,17H,8-10H2,1-3H3. The third kappa shape index (κ3) is 2.15. The zero-order valence-corrected chi connectivity index (χ0v) is 12.0. The maximum Gasteiger partial charge on any atom is 0.124 e. The van der Waals surface area contributed by atoms with Gasteiger partial charge in [-0.05, 0) is 12.5 Å². The Labute approximate surface area is 115 Å². The lowest BCUT2D eigenvalue weighted by atomic mass is 9.64. The van der Waals surface area contributed by atoms with Crippen molar-refractivity contribution in [3.8, 4) is 5.75 Å². The Morgan fingerprint density at radius 1 is 1.32 bits per heavy atom. The molecule has 1 heterocycles. The molecule has 0 saturated heterocycles. The summed E-state index contributed by atoms with van der Waals surface area (Å²) in [6.45, 7) is 5.37.